The van der Waals surface area contributed by atoms with E-state index < -0.39 is 18.6 Å². The summed E-state index contributed by atoms with van der Waals surface area (Å²) in [5, 5.41) is 9.74. The molecule has 17 heavy (non-hydrogen) atoms. The summed E-state index contributed by atoms with van der Waals surface area (Å²) < 4.78 is 35.9. The van der Waals surface area contributed by atoms with Crippen LogP contribution in [0.4, 0.5) is 13.2 Å². The Labute approximate surface area is 108 Å². The van der Waals surface area contributed by atoms with Crippen molar-refractivity contribution in [3.05, 3.63) is 28.8 Å². The van der Waals surface area contributed by atoms with E-state index in [2.05, 4.69) is 0 Å². The molecular weight excluding hydrogens is 278 g/mol. The molecule has 0 bridgehead atoms. The zero-order valence-corrected chi connectivity index (χ0v) is 10.2. The monoisotopic (exact) mass is 289 g/mol. The maximum absolute atomic E-state index is 12.0. The second-order valence-corrected chi connectivity index (χ2v) is 3.90. The Morgan fingerprint density at radius 1 is 1.35 bits per heavy atom. The lowest BCUT2D eigenvalue weighted by Gasteiger charge is -2.15. The molecule has 0 unspecified atom stereocenters. The van der Waals surface area contributed by atoms with Gasteiger partial charge in [0.25, 0.3) is 0 Å². The molecule has 0 aliphatic heterocycles. The highest BCUT2D eigenvalue weighted by atomic mass is 35.5. The minimum absolute atomic E-state index is 0. The highest BCUT2D eigenvalue weighted by Gasteiger charge is 2.28. The van der Waals surface area contributed by atoms with Gasteiger partial charge in [-0.25, -0.2) is 0 Å². The van der Waals surface area contributed by atoms with Gasteiger partial charge in [-0.15, -0.1) is 12.4 Å². The van der Waals surface area contributed by atoms with Crippen LogP contribution < -0.4 is 5.73 Å². The van der Waals surface area contributed by atoms with Crippen LogP contribution in [-0.4, -0.2) is 11.3 Å². The molecule has 1 rings (SSSR count). The molecule has 2 nitrogen and oxygen atoms in total. The molecule has 0 amide bonds. The van der Waals surface area contributed by atoms with Gasteiger partial charge in [-0.3, -0.25) is 0 Å². The third-order valence-corrected chi connectivity index (χ3v) is 2.36. The van der Waals surface area contributed by atoms with Crippen LogP contribution in [0.2, 0.25) is 5.02 Å². The first kappa shape index (κ1) is 16.4. The molecule has 0 saturated heterocycles. The molecule has 1 atom stereocenters. The maximum Gasteiger partial charge on any atom is 0.389 e. The lowest BCUT2D eigenvalue weighted by molar-refractivity contribution is -0.136. The number of aromatic hydroxyl groups is 1. The Morgan fingerprint density at radius 3 is 2.47 bits per heavy atom. The Bertz CT molecular complexity index is 371. The van der Waals surface area contributed by atoms with Crippen LogP contribution in [0.25, 0.3) is 0 Å². The van der Waals surface area contributed by atoms with Crippen molar-refractivity contribution < 1.29 is 18.3 Å². The number of alkyl halides is 3. The first-order chi connectivity index (χ1) is 7.29. The van der Waals surface area contributed by atoms with E-state index in [4.69, 9.17) is 17.3 Å². The van der Waals surface area contributed by atoms with Crippen LogP contribution in [0.1, 0.15) is 24.4 Å². The van der Waals surface area contributed by atoms with Crippen molar-refractivity contribution in [2.24, 2.45) is 5.73 Å². The molecule has 0 spiro atoms. The highest BCUT2D eigenvalue weighted by molar-refractivity contribution is 6.30. The third kappa shape index (κ3) is 5.48. The number of phenols is 1. The van der Waals surface area contributed by atoms with Crippen molar-refractivity contribution in [2.75, 3.05) is 0 Å². The van der Waals surface area contributed by atoms with Crippen molar-refractivity contribution in [1.29, 1.82) is 0 Å². The van der Waals surface area contributed by atoms with Gasteiger partial charge in [-0.2, -0.15) is 13.2 Å². The average molecular weight is 290 g/mol. The molecule has 0 radical (unpaired) electrons. The van der Waals surface area contributed by atoms with E-state index in [0.29, 0.717) is 5.02 Å². The van der Waals surface area contributed by atoms with Gasteiger partial charge in [0.1, 0.15) is 5.75 Å². The van der Waals surface area contributed by atoms with Crippen LogP contribution in [-0.2, 0) is 0 Å². The zero-order valence-electron chi connectivity index (χ0n) is 8.67. The normalized spacial score (nSPS) is 13.0. The zero-order chi connectivity index (χ0) is 12.3. The number of halogens is 5. The van der Waals surface area contributed by atoms with Gasteiger partial charge in [-0.1, -0.05) is 11.6 Å². The number of benzene rings is 1. The van der Waals surface area contributed by atoms with E-state index in [1.54, 1.807) is 0 Å². The maximum atomic E-state index is 12.0. The van der Waals surface area contributed by atoms with E-state index in [1.165, 1.54) is 18.2 Å². The summed E-state index contributed by atoms with van der Waals surface area (Å²) in [5.41, 5.74) is 5.79. The summed E-state index contributed by atoms with van der Waals surface area (Å²) >= 11 is 5.66. The number of hydrogen-bond donors (Lipinski definition) is 2. The molecular formula is C10H12Cl2F3NO. The van der Waals surface area contributed by atoms with Crippen molar-refractivity contribution in [2.45, 2.75) is 25.1 Å². The Morgan fingerprint density at radius 2 is 1.94 bits per heavy atom. The smallest absolute Gasteiger partial charge is 0.389 e. The van der Waals surface area contributed by atoms with Crippen LogP contribution >= 0.6 is 24.0 Å². The molecule has 0 aliphatic carbocycles. The van der Waals surface area contributed by atoms with Crippen molar-refractivity contribution >= 4 is 24.0 Å². The molecule has 0 aliphatic rings. The fraction of sp³-hybridized carbons (Fsp3) is 0.400. The second-order valence-electron chi connectivity index (χ2n) is 3.46. The summed E-state index contributed by atoms with van der Waals surface area (Å²) in [6.45, 7) is 0. The van der Waals surface area contributed by atoms with Gasteiger partial charge in [0.15, 0.2) is 0 Å². The fourth-order valence-corrected chi connectivity index (χ4v) is 1.48. The van der Waals surface area contributed by atoms with Crippen LogP contribution in [0.3, 0.4) is 0 Å². The lowest BCUT2D eigenvalue weighted by Crippen LogP contribution is -2.15. The van der Waals surface area contributed by atoms with Gasteiger partial charge in [0, 0.05) is 23.0 Å². The second kappa shape index (κ2) is 6.33. The molecule has 0 heterocycles. The summed E-state index contributed by atoms with van der Waals surface area (Å²) in [4.78, 5) is 0. The topological polar surface area (TPSA) is 46.2 Å². The number of rotatable bonds is 3. The largest absolute Gasteiger partial charge is 0.508 e. The summed E-state index contributed by atoms with van der Waals surface area (Å²) in [6, 6.07) is 3.25. The molecule has 0 saturated carbocycles. The fourth-order valence-electron chi connectivity index (χ4n) is 1.30. The van der Waals surface area contributed by atoms with E-state index >= 15 is 0 Å². The first-order valence-electron chi connectivity index (χ1n) is 4.60. The van der Waals surface area contributed by atoms with Gasteiger partial charge < -0.3 is 10.8 Å². The number of nitrogens with two attached hydrogens (primary N) is 1. The predicted octanol–water partition coefficient (Wildman–Crippen LogP) is 3.81. The SMILES string of the molecule is Cl.N[C@@H](CCC(F)(F)F)c1cc(Cl)ccc1O. The van der Waals surface area contributed by atoms with E-state index in [-0.39, 0.29) is 30.1 Å². The van der Waals surface area contributed by atoms with Gasteiger partial charge in [0.05, 0.1) is 0 Å². The van der Waals surface area contributed by atoms with Crippen molar-refractivity contribution in [1.82, 2.24) is 0 Å². The van der Waals surface area contributed by atoms with Crippen LogP contribution in [0.5, 0.6) is 5.75 Å². The van der Waals surface area contributed by atoms with E-state index in [9.17, 15) is 18.3 Å². The van der Waals surface area contributed by atoms with Crippen LogP contribution in [0.15, 0.2) is 18.2 Å². The number of hydrogen-bond acceptors (Lipinski definition) is 2. The van der Waals surface area contributed by atoms with E-state index in [1.807, 2.05) is 0 Å². The Hall–Kier alpha value is -0.650. The minimum Gasteiger partial charge on any atom is -0.508 e. The molecule has 1 aromatic carbocycles. The number of phenolic OH excluding ortho intramolecular Hbond substituents is 1. The molecule has 0 fully saturated rings. The summed E-state index contributed by atoms with van der Waals surface area (Å²) in [7, 11) is 0. The van der Waals surface area contributed by atoms with Gasteiger partial charge in [0.2, 0.25) is 0 Å². The molecule has 1 aromatic rings. The van der Waals surface area contributed by atoms with Gasteiger partial charge >= 0.3 is 6.18 Å². The summed E-state index contributed by atoms with van der Waals surface area (Å²) in [6.07, 6.45) is -5.51. The third-order valence-electron chi connectivity index (χ3n) is 2.13. The molecule has 7 heteroatoms. The predicted molar refractivity (Wildman–Crippen MR) is 62.6 cm³/mol. The highest BCUT2D eigenvalue weighted by Crippen LogP contribution is 2.31. The van der Waals surface area contributed by atoms with E-state index in [0.717, 1.165) is 0 Å². The Kier molecular flexibility index (Phi) is 6.09. The molecule has 3 N–H and O–H groups in total. The molecule has 98 valence electrons. The lowest BCUT2D eigenvalue weighted by atomic mass is 10.0. The Balaban J connectivity index is 0.00000256. The quantitative estimate of drug-likeness (QED) is 0.889. The molecule has 0 aromatic heterocycles. The van der Waals surface area contributed by atoms with Crippen molar-refractivity contribution in [3.8, 4) is 5.75 Å². The van der Waals surface area contributed by atoms with Gasteiger partial charge in [-0.05, 0) is 24.6 Å². The average Bonchev–Trinajstić information content (AvgIpc) is 2.17. The standard InChI is InChI=1S/C10H11ClF3NO.ClH/c11-6-1-2-9(16)7(5-6)8(15)3-4-10(12,13)14;/h1-2,5,8,16H,3-4,15H2;1H/t8-;/m0./s1. The first-order valence-corrected chi connectivity index (χ1v) is 4.98. The summed E-state index contributed by atoms with van der Waals surface area (Å²) in [5.74, 6) is -0.140. The van der Waals surface area contributed by atoms with Crippen LogP contribution in [0, 0.1) is 0 Å². The minimum atomic E-state index is -4.24. The van der Waals surface area contributed by atoms with Crippen molar-refractivity contribution in [3.63, 3.8) is 0 Å².